The number of anilines is 1. The molecule has 2 aromatic rings. The molecule has 1 aliphatic rings. The molecule has 1 aromatic carbocycles. The molecule has 0 bridgehead atoms. The minimum absolute atomic E-state index is 0.0722. The fourth-order valence-corrected chi connectivity index (χ4v) is 2.44. The van der Waals surface area contributed by atoms with Crippen molar-refractivity contribution in [2.45, 2.75) is 32.4 Å². The Morgan fingerprint density at radius 1 is 1.42 bits per heavy atom. The van der Waals surface area contributed by atoms with E-state index in [-0.39, 0.29) is 18.0 Å². The van der Waals surface area contributed by atoms with Gasteiger partial charge in [0, 0.05) is 19.0 Å². The second-order valence-corrected chi connectivity index (χ2v) is 5.17. The number of benzene rings is 1. The monoisotopic (exact) mass is 259 g/mol. The first-order chi connectivity index (χ1) is 9.13. The molecule has 0 spiro atoms. The number of likely N-dealkylation sites (tertiary alicyclic amines) is 1. The molecule has 1 aromatic heterocycles. The highest BCUT2D eigenvalue weighted by Gasteiger charge is 2.31. The van der Waals surface area contributed by atoms with Gasteiger partial charge < -0.3 is 14.6 Å². The normalized spacial score (nSPS) is 19.6. The van der Waals surface area contributed by atoms with Gasteiger partial charge in [-0.1, -0.05) is 12.1 Å². The van der Waals surface area contributed by atoms with E-state index in [2.05, 4.69) is 10.3 Å². The van der Waals surface area contributed by atoms with Crippen LogP contribution in [0.2, 0.25) is 0 Å². The maximum atomic E-state index is 11.8. The van der Waals surface area contributed by atoms with Crippen molar-refractivity contribution in [3.05, 3.63) is 24.3 Å². The third-order valence-corrected chi connectivity index (χ3v) is 3.40. The third-order valence-electron chi connectivity index (χ3n) is 3.40. The molecule has 0 saturated carbocycles. The van der Waals surface area contributed by atoms with Crippen LogP contribution in [0.15, 0.2) is 28.7 Å². The summed E-state index contributed by atoms with van der Waals surface area (Å²) in [4.78, 5) is 18.1. The standard InChI is InChI=1S/C14H17N3O2/c1-9(2)17-8-10(7-13(17)18)15-14-16-11-5-3-4-6-12(11)19-14/h3-6,9-10H,7-8H2,1-2H3,(H,15,16)/t10-/m1/s1. The van der Waals surface area contributed by atoms with Gasteiger partial charge in [0.25, 0.3) is 6.01 Å². The molecule has 0 unspecified atom stereocenters. The van der Waals surface area contributed by atoms with Crippen LogP contribution in [0.1, 0.15) is 20.3 Å². The molecule has 1 atom stereocenters. The van der Waals surface area contributed by atoms with Crippen LogP contribution in [0.25, 0.3) is 11.1 Å². The molecule has 0 aliphatic carbocycles. The quantitative estimate of drug-likeness (QED) is 0.918. The average molecular weight is 259 g/mol. The van der Waals surface area contributed by atoms with Crippen LogP contribution in [0, 0.1) is 0 Å². The Morgan fingerprint density at radius 3 is 2.89 bits per heavy atom. The zero-order valence-corrected chi connectivity index (χ0v) is 11.1. The molecule has 100 valence electrons. The lowest BCUT2D eigenvalue weighted by Crippen LogP contribution is -2.33. The number of hydrogen-bond acceptors (Lipinski definition) is 4. The zero-order chi connectivity index (χ0) is 13.4. The van der Waals surface area contributed by atoms with Gasteiger partial charge in [0.15, 0.2) is 5.58 Å². The largest absolute Gasteiger partial charge is 0.424 e. The van der Waals surface area contributed by atoms with Gasteiger partial charge in [-0.05, 0) is 26.0 Å². The number of hydrogen-bond donors (Lipinski definition) is 1. The number of fused-ring (bicyclic) bond motifs is 1. The van der Waals surface area contributed by atoms with Gasteiger partial charge in [-0.15, -0.1) is 0 Å². The van der Waals surface area contributed by atoms with Crippen LogP contribution in [0.3, 0.4) is 0 Å². The molecule has 3 rings (SSSR count). The molecule has 19 heavy (non-hydrogen) atoms. The smallest absolute Gasteiger partial charge is 0.295 e. The summed E-state index contributed by atoms with van der Waals surface area (Å²) in [6.45, 7) is 4.76. The molecule has 5 nitrogen and oxygen atoms in total. The Hall–Kier alpha value is -2.04. The Kier molecular flexibility index (Phi) is 2.89. The van der Waals surface area contributed by atoms with Crippen molar-refractivity contribution in [1.29, 1.82) is 0 Å². The number of nitrogens with one attached hydrogen (secondary N) is 1. The summed E-state index contributed by atoms with van der Waals surface area (Å²) in [6, 6.07) is 8.43. The van der Waals surface area contributed by atoms with Gasteiger partial charge in [0.1, 0.15) is 5.52 Å². The first kappa shape index (κ1) is 12.0. The Balaban J connectivity index is 1.74. The highest BCUT2D eigenvalue weighted by Crippen LogP contribution is 2.22. The van der Waals surface area contributed by atoms with Crippen LogP contribution < -0.4 is 5.32 Å². The number of carbonyl (C=O) groups is 1. The van der Waals surface area contributed by atoms with Crippen LogP contribution >= 0.6 is 0 Å². The van der Waals surface area contributed by atoms with E-state index < -0.39 is 0 Å². The average Bonchev–Trinajstić information content (AvgIpc) is 2.92. The summed E-state index contributed by atoms with van der Waals surface area (Å²) < 4.78 is 5.61. The molecular weight excluding hydrogens is 242 g/mol. The van der Waals surface area contributed by atoms with E-state index in [4.69, 9.17) is 4.42 Å². The lowest BCUT2D eigenvalue weighted by molar-refractivity contribution is -0.129. The fourth-order valence-electron chi connectivity index (χ4n) is 2.44. The van der Waals surface area contributed by atoms with E-state index in [1.165, 1.54) is 0 Å². The maximum Gasteiger partial charge on any atom is 0.295 e. The van der Waals surface area contributed by atoms with E-state index >= 15 is 0 Å². The molecular formula is C14H17N3O2. The molecule has 5 heteroatoms. The van der Waals surface area contributed by atoms with Crippen LogP contribution in [0.5, 0.6) is 0 Å². The minimum atomic E-state index is 0.0722. The molecule has 1 N–H and O–H groups in total. The summed E-state index contributed by atoms with van der Waals surface area (Å²) in [5.41, 5.74) is 1.59. The van der Waals surface area contributed by atoms with Crippen molar-refractivity contribution >= 4 is 23.0 Å². The van der Waals surface area contributed by atoms with Gasteiger partial charge in [0.05, 0.1) is 6.04 Å². The van der Waals surface area contributed by atoms with E-state index in [9.17, 15) is 4.79 Å². The zero-order valence-electron chi connectivity index (χ0n) is 11.1. The Morgan fingerprint density at radius 2 is 2.21 bits per heavy atom. The predicted octanol–water partition coefficient (Wildman–Crippen LogP) is 2.25. The summed E-state index contributed by atoms with van der Waals surface area (Å²) in [5, 5.41) is 3.21. The van der Waals surface area contributed by atoms with Crippen LogP contribution in [-0.4, -0.2) is 34.4 Å². The second kappa shape index (κ2) is 4.57. The molecule has 2 heterocycles. The van der Waals surface area contributed by atoms with E-state index in [0.29, 0.717) is 19.0 Å². The lowest BCUT2D eigenvalue weighted by Gasteiger charge is -2.20. The number of carbonyl (C=O) groups excluding carboxylic acids is 1. The van der Waals surface area contributed by atoms with Gasteiger partial charge in [0.2, 0.25) is 5.91 Å². The highest BCUT2D eigenvalue weighted by molar-refractivity contribution is 5.80. The van der Waals surface area contributed by atoms with Crippen LogP contribution in [-0.2, 0) is 4.79 Å². The number of aromatic nitrogens is 1. The van der Waals surface area contributed by atoms with Crippen molar-refractivity contribution in [3.8, 4) is 0 Å². The van der Waals surface area contributed by atoms with Crippen molar-refractivity contribution in [3.63, 3.8) is 0 Å². The van der Waals surface area contributed by atoms with Crippen molar-refractivity contribution < 1.29 is 9.21 Å². The molecule has 0 radical (unpaired) electrons. The van der Waals surface area contributed by atoms with E-state index in [1.54, 1.807) is 0 Å². The number of oxazole rings is 1. The molecule has 1 amide bonds. The number of para-hydroxylation sites is 2. The van der Waals surface area contributed by atoms with Crippen molar-refractivity contribution in [1.82, 2.24) is 9.88 Å². The molecule has 1 fully saturated rings. The van der Waals surface area contributed by atoms with Crippen LogP contribution in [0.4, 0.5) is 6.01 Å². The maximum absolute atomic E-state index is 11.8. The molecule has 1 saturated heterocycles. The summed E-state index contributed by atoms with van der Waals surface area (Å²) >= 11 is 0. The topological polar surface area (TPSA) is 58.4 Å². The number of nitrogens with zero attached hydrogens (tertiary/aromatic N) is 2. The second-order valence-electron chi connectivity index (χ2n) is 5.17. The number of rotatable bonds is 3. The van der Waals surface area contributed by atoms with Crippen molar-refractivity contribution in [2.75, 3.05) is 11.9 Å². The molecule has 1 aliphatic heterocycles. The Labute approximate surface area is 111 Å². The van der Waals surface area contributed by atoms with E-state index in [0.717, 1.165) is 11.1 Å². The SMILES string of the molecule is CC(C)N1C[C@H](Nc2nc3ccccc3o2)CC1=O. The van der Waals surface area contributed by atoms with E-state index in [1.807, 2.05) is 43.0 Å². The first-order valence-electron chi connectivity index (χ1n) is 6.55. The van der Waals surface area contributed by atoms with Gasteiger partial charge >= 0.3 is 0 Å². The predicted molar refractivity (Wildman–Crippen MR) is 72.9 cm³/mol. The highest BCUT2D eigenvalue weighted by atomic mass is 16.4. The van der Waals surface area contributed by atoms with Gasteiger partial charge in [-0.3, -0.25) is 4.79 Å². The summed E-state index contributed by atoms with van der Waals surface area (Å²) in [7, 11) is 0. The van der Waals surface area contributed by atoms with Crippen molar-refractivity contribution in [2.24, 2.45) is 0 Å². The summed E-state index contributed by atoms with van der Waals surface area (Å²) in [5.74, 6) is 0.184. The van der Waals surface area contributed by atoms with Gasteiger partial charge in [-0.2, -0.15) is 4.98 Å². The number of amides is 1. The summed E-state index contributed by atoms with van der Waals surface area (Å²) in [6.07, 6.45) is 0.497. The van der Waals surface area contributed by atoms with Gasteiger partial charge in [-0.25, -0.2) is 0 Å². The minimum Gasteiger partial charge on any atom is -0.424 e. The first-order valence-corrected chi connectivity index (χ1v) is 6.55. The third kappa shape index (κ3) is 2.28. The Bertz CT molecular complexity index is 573. The fraction of sp³-hybridized carbons (Fsp3) is 0.429. The lowest BCUT2D eigenvalue weighted by atomic mass is 10.3.